The maximum Gasteiger partial charge on any atom is 0.312 e. The van der Waals surface area contributed by atoms with Gasteiger partial charge in [-0.1, -0.05) is 24.3 Å². The van der Waals surface area contributed by atoms with Crippen LogP contribution in [0.2, 0.25) is 0 Å². The largest absolute Gasteiger partial charge is 0.392 e. The molecule has 1 heterocycles. The number of β-amino-alcohol motifs (C(OH)–C–C–N with tert-alkyl or cyclic N) is 1. The number of carbonyl (C=O) groups is 2. The van der Waals surface area contributed by atoms with Gasteiger partial charge in [-0.3, -0.25) is 9.69 Å². The molecule has 1 fully saturated rings. The zero-order chi connectivity index (χ0) is 18.4. The third-order valence-electron chi connectivity index (χ3n) is 4.51. The number of hydrogen-bond acceptors (Lipinski definition) is 4. The molecule has 2 rings (SSSR count). The molecule has 1 saturated heterocycles. The molecule has 138 valence electrons. The van der Waals surface area contributed by atoms with Crippen LogP contribution in [0.4, 0.5) is 4.79 Å². The van der Waals surface area contributed by atoms with E-state index >= 15 is 0 Å². The lowest BCUT2D eigenvalue weighted by atomic mass is 9.98. The van der Waals surface area contributed by atoms with E-state index < -0.39 is 12.1 Å². The van der Waals surface area contributed by atoms with Crippen LogP contribution in [-0.4, -0.2) is 65.7 Å². The number of aliphatic hydroxyl groups excluding tert-OH is 1. The summed E-state index contributed by atoms with van der Waals surface area (Å²) < 4.78 is 0. The molecule has 0 aromatic heterocycles. The van der Waals surface area contributed by atoms with Gasteiger partial charge in [0.2, 0.25) is 5.91 Å². The molecule has 0 unspecified atom stereocenters. The van der Waals surface area contributed by atoms with Crippen LogP contribution in [0.3, 0.4) is 0 Å². The molecule has 1 aliphatic rings. The predicted octanol–water partition coefficient (Wildman–Crippen LogP) is 0.620. The van der Waals surface area contributed by atoms with Gasteiger partial charge in [0.05, 0.1) is 18.6 Å². The highest BCUT2D eigenvalue weighted by molar-refractivity contribution is 5.79. The summed E-state index contributed by atoms with van der Waals surface area (Å²) in [4.78, 5) is 28.0. The Balaban J connectivity index is 1.98. The normalized spacial score (nSPS) is 17.8. The Morgan fingerprint density at radius 1 is 1.24 bits per heavy atom. The average Bonchev–Trinajstić information content (AvgIpc) is 2.54. The summed E-state index contributed by atoms with van der Waals surface area (Å²) in [7, 11) is 0. The topological polar surface area (TPSA) is 98.9 Å². The van der Waals surface area contributed by atoms with Gasteiger partial charge in [-0.25, -0.2) is 4.79 Å². The van der Waals surface area contributed by atoms with E-state index in [0.29, 0.717) is 19.6 Å². The molecule has 7 nitrogen and oxygen atoms in total. The van der Waals surface area contributed by atoms with Crippen LogP contribution >= 0.6 is 0 Å². The van der Waals surface area contributed by atoms with Crippen LogP contribution in [0.25, 0.3) is 0 Å². The van der Waals surface area contributed by atoms with E-state index in [1.54, 1.807) is 6.92 Å². The molecule has 0 aliphatic carbocycles. The lowest BCUT2D eigenvalue weighted by Crippen LogP contribution is -2.50. The summed E-state index contributed by atoms with van der Waals surface area (Å²) in [5.41, 5.74) is 7.21. The second-order valence-electron chi connectivity index (χ2n) is 6.65. The smallest absolute Gasteiger partial charge is 0.312 e. The number of piperazine rings is 1. The first-order valence-electron chi connectivity index (χ1n) is 8.66. The second kappa shape index (κ2) is 8.82. The van der Waals surface area contributed by atoms with E-state index in [4.69, 9.17) is 5.73 Å². The van der Waals surface area contributed by atoms with Gasteiger partial charge < -0.3 is 21.1 Å². The maximum atomic E-state index is 12.7. The number of rotatable bonds is 6. The molecule has 1 aromatic rings. The molecule has 7 heteroatoms. The molecule has 2 atom stereocenters. The molecule has 0 bridgehead atoms. The van der Waals surface area contributed by atoms with Crippen molar-refractivity contribution in [2.24, 2.45) is 5.73 Å². The number of nitrogens with zero attached hydrogens (tertiary/aromatic N) is 2. The monoisotopic (exact) mass is 348 g/mol. The van der Waals surface area contributed by atoms with Crippen molar-refractivity contribution in [1.29, 1.82) is 0 Å². The van der Waals surface area contributed by atoms with Crippen molar-refractivity contribution in [3.05, 3.63) is 35.4 Å². The van der Waals surface area contributed by atoms with E-state index in [1.165, 1.54) is 0 Å². The molecule has 1 aromatic carbocycles. The Morgan fingerprint density at radius 3 is 2.44 bits per heavy atom. The van der Waals surface area contributed by atoms with Gasteiger partial charge in [0.1, 0.15) is 0 Å². The SMILES string of the molecule is Cc1ccccc1[C@H](CC(=O)N1CCN(C[C@@H](C)O)CC1)NC(N)=O. The lowest BCUT2D eigenvalue weighted by molar-refractivity contribution is -0.133. The number of hydrogen-bond donors (Lipinski definition) is 3. The molecule has 0 radical (unpaired) electrons. The summed E-state index contributed by atoms with van der Waals surface area (Å²) >= 11 is 0. The van der Waals surface area contributed by atoms with E-state index in [0.717, 1.165) is 24.2 Å². The number of aliphatic hydroxyl groups is 1. The van der Waals surface area contributed by atoms with Crippen LogP contribution in [0.1, 0.15) is 30.5 Å². The van der Waals surface area contributed by atoms with Crippen LogP contribution in [0.15, 0.2) is 24.3 Å². The van der Waals surface area contributed by atoms with Gasteiger partial charge in [0, 0.05) is 32.7 Å². The first kappa shape index (κ1) is 19.2. The summed E-state index contributed by atoms with van der Waals surface area (Å²) in [5.74, 6) is -0.00120. The van der Waals surface area contributed by atoms with Gasteiger partial charge in [-0.2, -0.15) is 0 Å². The van der Waals surface area contributed by atoms with Crippen LogP contribution < -0.4 is 11.1 Å². The van der Waals surface area contributed by atoms with Crippen molar-refractivity contribution in [2.75, 3.05) is 32.7 Å². The number of benzene rings is 1. The van der Waals surface area contributed by atoms with E-state index in [2.05, 4.69) is 10.2 Å². The number of aryl methyl sites for hydroxylation is 1. The highest BCUT2D eigenvalue weighted by atomic mass is 16.3. The Labute approximate surface area is 148 Å². The number of primary amides is 1. The fourth-order valence-corrected chi connectivity index (χ4v) is 3.25. The second-order valence-corrected chi connectivity index (χ2v) is 6.65. The lowest BCUT2D eigenvalue weighted by Gasteiger charge is -2.36. The number of urea groups is 1. The molecule has 3 amide bonds. The molecule has 0 spiro atoms. The Morgan fingerprint density at radius 2 is 1.88 bits per heavy atom. The van der Waals surface area contributed by atoms with Crippen LogP contribution in [-0.2, 0) is 4.79 Å². The molecular weight excluding hydrogens is 320 g/mol. The summed E-state index contributed by atoms with van der Waals surface area (Å²) in [6.45, 7) is 7.08. The highest BCUT2D eigenvalue weighted by Crippen LogP contribution is 2.22. The van der Waals surface area contributed by atoms with Crippen molar-refractivity contribution < 1.29 is 14.7 Å². The third-order valence-corrected chi connectivity index (χ3v) is 4.51. The van der Waals surface area contributed by atoms with Crippen molar-refractivity contribution in [3.63, 3.8) is 0 Å². The zero-order valence-electron chi connectivity index (χ0n) is 14.9. The van der Waals surface area contributed by atoms with Gasteiger partial charge in [-0.05, 0) is 25.0 Å². The first-order valence-corrected chi connectivity index (χ1v) is 8.66. The van der Waals surface area contributed by atoms with Crippen molar-refractivity contribution in [1.82, 2.24) is 15.1 Å². The predicted molar refractivity (Wildman–Crippen MR) is 96.0 cm³/mol. The number of nitrogens with two attached hydrogens (primary N) is 1. The summed E-state index contributed by atoms with van der Waals surface area (Å²) in [6, 6.07) is 6.60. The van der Waals surface area contributed by atoms with Gasteiger partial charge >= 0.3 is 6.03 Å². The number of nitrogens with one attached hydrogen (secondary N) is 1. The Kier molecular flexibility index (Phi) is 6.78. The minimum Gasteiger partial charge on any atom is -0.392 e. The van der Waals surface area contributed by atoms with Gasteiger partial charge in [0.25, 0.3) is 0 Å². The number of carbonyl (C=O) groups excluding carboxylic acids is 2. The van der Waals surface area contributed by atoms with Crippen LogP contribution in [0.5, 0.6) is 0 Å². The molecule has 0 saturated carbocycles. The van der Waals surface area contributed by atoms with E-state index in [-0.39, 0.29) is 18.4 Å². The standard InChI is InChI=1S/C18H28N4O3/c1-13-5-3-4-6-15(13)16(20-18(19)25)11-17(24)22-9-7-21(8-10-22)12-14(2)23/h3-6,14,16,23H,7-12H2,1-2H3,(H3,19,20,25)/t14-,16+/m1/s1. The number of amides is 3. The first-order chi connectivity index (χ1) is 11.9. The van der Waals surface area contributed by atoms with Gasteiger partial charge in [0.15, 0.2) is 0 Å². The summed E-state index contributed by atoms with van der Waals surface area (Å²) in [5, 5.41) is 12.2. The minimum absolute atomic E-state index is 0.00120. The van der Waals surface area contributed by atoms with E-state index in [9.17, 15) is 14.7 Å². The zero-order valence-corrected chi connectivity index (χ0v) is 14.9. The van der Waals surface area contributed by atoms with Crippen LogP contribution in [0, 0.1) is 6.92 Å². The average molecular weight is 348 g/mol. The molecule has 25 heavy (non-hydrogen) atoms. The fraction of sp³-hybridized carbons (Fsp3) is 0.556. The Hall–Kier alpha value is -2.12. The van der Waals surface area contributed by atoms with Crippen molar-refractivity contribution in [3.8, 4) is 0 Å². The van der Waals surface area contributed by atoms with Crippen molar-refractivity contribution >= 4 is 11.9 Å². The highest BCUT2D eigenvalue weighted by Gasteiger charge is 2.25. The molecule has 4 N–H and O–H groups in total. The Bertz CT molecular complexity index is 598. The molecule has 1 aliphatic heterocycles. The van der Waals surface area contributed by atoms with Crippen molar-refractivity contribution in [2.45, 2.75) is 32.4 Å². The third kappa shape index (κ3) is 5.72. The maximum absolute atomic E-state index is 12.7. The van der Waals surface area contributed by atoms with Gasteiger partial charge in [-0.15, -0.1) is 0 Å². The van der Waals surface area contributed by atoms with E-state index in [1.807, 2.05) is 36.1 Å². The molecular formula is C18H28N4O3. The quantitative estimate of drug-likeness (QED) is 0.702. The fourth-order valence-electron chi connectivity index (χ4n) is 3.25. The summed E-state index contributed by atoms with van der Waals surface area (Å²) in [6.07, 6.45) is -0.183. The minimum atomic E-state index is -0.636.